The SMILES string of the molecule is COB(OC)c1c(C(C)C)cccc1C(C)C. The van der Waals surface area contributed by atoms with Crippen molar-refractivity contribution in [1.82, 2.24) is 0 Å². The van der Waals surface area contributed by atoms with Gasteiger partial charge in [0.05, 0.1) is 0 Å². The Morgan fingerprint density at radius 2 is 1.29 bits per heavy atom. The van der Waals surface area contributed by atoms with Crippen molar-refractivity contribution in [2.45, 2.75) is 39.5 Å². The fourth-order valence-corrected chi connectivity index (χ4v) is 2.21. The molecule has 0 aliphatic carbocycles. The molecule has 0 aliphatic heterocycles. The molecule has 0 unspecified atom stereocenters. The number of benzene rings is 1. The van der Waals surface area contributed by atoms with Gasteiger partial charge in [-0.3, -0.25) is 0 Å². The van der Waals surface area contributed by atoms with E-state index in [1.807, 2.05) is 0 Å². The third kappa shape index (κ3) is 3.11. The van der Waals surface area contributed by atoms with E-state index in [0.717, 1.165) is 0 Å². The lowest BCUT2D eigenvalue weighted by atomic mass is 9.69. The first-order chi connectivity index (χ1) is 8.02. The highest BCUT2D eigenvalue weighted by Gasteiger charge is 2.26. The highest BCUT2D eigenvalue weighted by atomic mass is 16.6. The van der Waals surface area contributed by atoms with E-state index in [1.165, 1.54) is 16.6 Å². The molecular weight excluding hydrogens is 211 g/mol. The van der Waals surface area contributed by atoms with Crippen LogP contribution in [0.4, 0.5) is 0 Å². The quantitative estimate of drug-likeness (QED) is 0.729. The predicted molar refractivity (Wildman–Crippen MR) is 74.0 cm³/mol. The fraction of sp³-hybridized carbons (Fsp3) is 0.571. The van der Waals surface area contributed by atoms with E-state index in [0.29, 0.717) is 11.8 Å². The van der Waals surface area contributed by atoms with Crippen LogP contribution >= 0.6 is 0 Å². The highest BCUT2D eigenvalue weighted by Crippen LogP contribution is 2.20. The Balaban J connectivity index is 3.37. The second-order valence-corrected chi connectivity index (χ2v) is 4.96. The summed E-state index contributed by atoms with van der Waals surface area (Å²) in [5, 5.41) is 0. The number of hydrogen-bond acceptors (Lipinski definition) is 2. The highest BCUT2D eigenvalue weighted by molar-refractivity contribution is 6.62. The van der Waals surface area contributed by atoms with Gasteiger partial charge < -0.3 is 9.31 Å². The Labute approximate surface area is 105 Å². The monoisotopic (exact) mass is 234 g/mol. The molecule has 0 bridgehead atoms. The third-order valence-electron chi connectivity index (χ3n) is 3.08. The Kier molecular flexibility index (Phi) is 5.22. The fourth-order valence-electron chi connectivity index (χ4n) is 2.21. The van der Waals surface area contributed by atoms with Gasteiger partial charge >= 0.3 is 7.12 Å². The first-order valence-corrected chi connectivity index (χ1v) is 6.21. The summed E-state index contributed by atoms with van der Waals surface area (Å²) in [7, 11) is 3.11. The van der Waals surface area contributed by atoms with Gasteiger partial charge in [0.15, 0.2) is 0 Å². The summed E-state index contributed by atoms with van der Waals surface area (Å²) in [4.78, 5) is 0. The minimum atomic E-state index is -0.272. The van der Waals surface area contributed by atoms with Gasteiger partial charge in [-0.1, -0.05) is 45.9 Å². The maximum Gasteiger partial charge on any atom is 0.494 e. The molecule has 94 valence electrons. The molecule has 0 N–H and O–H groups in total. The van der Waals surface area contributed by atoms with Crippen LogP contribution in [0.3, 0.4) is 0 Å². The van der Waals surface area contributed by atoms with Gasteiger partial charge in [0.1, 0.15) is 0 Å². The second-order valence-electron chi connectivity index (χ2n) is 4.96. The van der Waals surface area contributed by atoms with Crippen LogP contribution in [0.1, 0.15) is 50.7 Å². The van der Waals surface area contributed by atoms with Crippen LogP contribution in [0.15, 0.2) is 18.2 Å². The zero-order valence-corrected chi connectivity index (χ0v) is 11.8. The van der Waals surface area contributed by atoms with E-state index >= 15 is 0 Å². The van der Waals surface area contributed by atoms with Crippen LogP contribution < -0.4 is 5.46 Å². The molecule has 0 spiro atoms. The average molecular weight is 234 g/mol. The third-order valence-corrected chi connectivity index (χ3v) is 3.08. The smallest absolute Gasteiger partial charge is 0.410 e. The molecule has 0 amide bonds. The van der Waals surface area contributed by atoms with Gasteiger partial charge in [-0.25, -0.2) is 0 Å². The van der Waals surface area contributed by atoms with Crippen LogP contribution in [0.5, 0.6) is 0 Å². The lowest BCUT2D eigenvalue weighted by Crippen LogP contribution is -2.40. The van der Waals surface area contributed by atoms with Crippen molar-refractivity contribution in [3.63, 3.8) is 0 Å². The Morgan fingerprint density at radius 3 is 1.59 bits per heavy atom. The summed E-state index contributed by atoms with van der Waals surface area (Å²) in [5.74, 6) is 0.938. The molecule has 0 aromatic heterocycles. The normalized spacial score (nSPS) is 11.3. The van der Waals surface area contributed by atoms with Gasteiger partial charge in [-0.2, -0.15) is 0 Å². The molecule has 1 aromatic rings. The van der Waals surface area contributed by atoms with Gasteiger partial charge in [0.25, 0.3) is 0 Å². The largest absolute Gasteiger partial charge is 0.494 e. The molecule has 3 heteroatoms. The van der Waals surface area contributed by atoms with Gasteiger partial charge in [-0.15, -0.1) is 0 Å². The maximum absolute atomic E-state index is 5.44. The van der Waals surface area contributed by atoms with Gasteiger partial charge in [0.2, 0.25) is 0 Å². The first kappa shape index (κ1) is 14.3. The minimum Gasteiger partial charge on any atom is -0.410 e. The molecule has 0 aliphatic rings. The lowest BCUT2D eigenvalue weighted by molar-refractivity contribution is 0.291. The molecule has 2 nitrogen and oxygen atoms in total. The molecule has 0 atom stereocenters. The van der Waals surface area contributed by atoms with E-state index < -0.39 is 0 Å². The zero-order valence-electron chi connectivity index (χ0n) is 11.8. The summed E-state index contributed by atoms with van der Waals surface area (Å²) in [6.07, 6.45) is 0. The molecule has 1 aromatic carbocycles. The molecule has 1 rings (SSSR count). The second kappa shape index (κ2) is 6.22. The summed E-state index contributed by atoms with van der Waals surface area (Å²) in [5.41, 5.74) is 3.82. The minimum absolute atomic E-state index is 0.272. The molecular formula is C14H23BO2. The van der Waals surface area contributed by atoms with Crippen molar-refractivity contribution in [2.75, 3.05) is 14.2 Å². The van der Waals surface area contributed by atoms with Crippen molar-refractivity contribution in [2.24, 2.45) is 0 Å². The standard InChI is InChI=1S/C14H23BO2/c1-10(2)12-8-7-9-13(11(3)4)14(12)15(16-5)17-6/h7-11H,1-6H3. The summed E-state index contributed by atoms with van der Waals surface area (Å²) in [6.45, 7) is 8.80. The van der Waals surface area contributed by atoms with Gasteiger partial charge in [0, 0.05) is 14.2 Å². The predicted octanol–water partition coefficient (Wildman–Crippen LogP) is 2.92. The van der Waals surface area contributed by atoms with Crippen LogP contribution in [0.2, 0.25) is 0 Å². The van der Waals surface area contributed by atoms with Crippen molar-refractivity contribution in [3.05, 3.63) is 29.3 Å². The molecule has 0 saturated heterocycles. The maximum atomic E-state index is 5.44. The summed E-state index contributed by atoms with van der Waals surface area (Å²) >= 11 is 0. The Hall–Kier alpha value is -0.795. The van der Waals surface area contributed by atoms with E-state index in [2.05, 4.69) is 45.9 Å². The zero-order chi connectivity index (χ0) is 13.0. The van der Waals surface area contributed by atoms with E-state index in [1.54, 1.807) is 14.2 Å². The van der Waals surface area contributed by atoms with Crippen LogP contribution in [0.25, 0.3) is 0 Å². The number of rotatable bonds is 5. The van der Waals surface area contributed by atoms with E-state index in [-0.39, 0.29) is 7.12 Å². The molecule has 0 radical (unpaired) electrons. The van der Waals surface area contributed by atoms with Gasteiger partial charge in [-0.05, 0) is 28.4 Å². The average Bonchev–Trinajstić information content (AvgIpc) is 2.30. The first-order valence-electron chi connectivity index (χ1n) is 6.21. The molecule has 0 saturated carbocycles. The molecule has 0 heterocycles. The number of hydrogen-bond donors (Lipinski definition) is 0. The van der Waals surface area contributed by atoms with Crippen molar-refractivity contribution < 1.29 is 9.31 Å². The summed E-state index contributed by atoms with van der Waals surface area (Å²) < 4.78 is 10.9. The van der Waals surface area contributed by atoms with E-state index in [4.69, 9.17) is 9.31 Å². The van der Waals surface area contributed by atoms with Crippen molar-refractivity contribution >= 4 is 12.6 Å². The Morgan fingerprint density at radius 1 is 0.882 bits per heavy atom. The molecule has 0 fully saturated rings. The topological polar surface area (TPSA) is 18.5 Å². The van der Waals surface area contributed by atoms with Crippen LogP contribution in [-0.2, 0) is 9.31 Å². The molecule has 17 heavy (non-hydrogen) atoms. The summed E-state index contributed by atoms with van der Waals surface area (Å²) in [6, 6.07) is 6.45. The van der Waals surface area contributed by atoms with Crippen LogP contribution in [0, 0.1) is 0 Å². The Bertz CT molecular complexity index is 331. The van der Waals surface area contributed by atoms with Crippen molar-refractivity contribution in [1.29, 1.82) is 0 Å². The van der Waals surface area contributed by atoms with Crippen molar-refractivity contribution in [3.8, 4) is 0 Å². The van der Waals surface area contributed by atoms with E-state index in [9.17, 15) is 0 Å². The van der Waals surface area contributed by atoms with Crippen LogP contribution in [-0.4, -0.2) is 21.3 Å². The lowest BCUT2D eigenvalue weighted by Gasteiger charge is -2.22.